The van der Waals surface area contributed by atoms with Crippen LogP contribution in [-0.4, -0.2) is 41.6 Å². The first-order valence-corrected chi connectivity index (χ1v) is 12.1. The van der Waals surface area contributed by atoms with Crippen LogP contribution in [0.2, 0.25) is 0 Å². The molecule has 0 N–H and O–H groups in total. The summed E-state index contributed by atoms with van der Waals surface area (Å²) >= 11 is 0. The second-order valence-electron chi connectivity index (χ2n) is 9.90. The van der Waals surface area contributed by atoms with Gasteiger partial charge in [0.05, 0.1) is 23.1 Å². The molecule has 1 saturated carbocycles. The van der Waals surface area contributed by atoms with Crippen molar-refractivity contribution in [2.75, 3.05) is 26.7 Å². The Balaban J connectivity index is 1.35. The number of nitro groups is 1. The molecule has 6 nitrogen and oxygen atoms in total. The van der Waals surface area contributed by atoms with Gasteiger partial charge < -0.3 is 9.64 Å². The smallest absolute Gasteiger partial charge is 0.272 e. The number of ether oxygens (including phenoxy) is 1. The summed E-state index contributed by atoms with van der Waals surface area (Å²) in [6.45, 7) is 5.26. The number of aromatic nitrogens is 1. The van der Waals surface area contributed by atoms with Crippen LogP contribution in [0.4, 0.5) is 10.1 Å². The predicted molar refractivity (Wildman–Crippen MR) is 130 cm³/mol. The molecule has 2 fully saturated rings. The summed E-state index contributed by atoms with van der Waals surface area (Å²) in [6, 6.07) is 9.82. The van der Waals surface area contributed by atoms with Crippen LogP contribution in [0.1, 0.15) is 36.5 Å². The van der Waals surface area contributed by atoms with Crippen molar-refractivity contribution in [1.29, 1.82) is 0 Å². The van der Waals surface area contributed by atoms with Crippen LogP contribution in [0, 0.1) is 33.7 Å². The molecular weight excluding hydrogens is 433 g/mol. The fourth-order valence-corrected chi connectivity index (χ4v) is 5.84. The summed E-state index contributed by atoms with van der Waals surface area (Å²) in [6.07, 6.45) is 5.38. The summed E-state index contributed by atoms with van der Waals surface area (Å²) in [5, 5.41) is 11.9. The zero-order valence-corrected chi connectivity index (χ0v) is 19.7. The molecule has 0 spiro atoms. The molecular formula is C27H30FN3O3. The number of hydrogen-bond donors (Lipinski definition) is 0. The monoisotopic (exact) mass is 463 g/mol. The topological polar surface area (TPSA) is 68.5 Å². The Kier molecular flexibility index (Phi) is 6.21. The van der Waals surface area contributed by atoms with Crippen molar-refractivity contribution >= 4 is 16.6 Å². The lowest BCUT2D eigenvalue weighted by Crippen LogP contribution is -2.18. The first kappa shape index (κ1) is 22.7. The Morgan fingerprint density at radius 2 is 1.88 bits per heavy atom. The molecule has 1 aliphatic carbocycles. The summed E-state index contributed by atoms with van der Waals surface area (Å²) in [5.41, 5.74) is 3.05. The summed E-state index contributed by atoms with van der Waals surface area (Å²) in [7, 11) is 2.21. The number of pyridine rings is 1. The highest BCUT2D eigenvalue weighted by Gasteiger charge is 2.39. The average Bonchev–Trinajstić information content (AvgIpc) is 3.35. The number of nitrogens with zero attached hydrogens (tertiary/aromatic N) is 3. The minimum absolute atomic E-state index is 0.242. The maximum absolute atomic E-state index is 14.5. The van der Waals surface area contributed by atoms with Crippen molar-refractivity contribution in [2.24, 2.45) is 17.8 Å². The Labute approximate surface area is 198 Å². The molecule has 1 aliphatic heterocycles. The number of rotatable bonds is 7. The van der Waals surface area contributed by atoms with E-state index >= 15 is 0 Å². The Hall–Kier alpha value is -3.06. The second kappa shape index (κ2) is 9.29. The highest BCUT2D eigenvalue weighted by atomic mass is 19.1. The molecule has 2 heterocycles. The van der Waals surface area contributed by atoms with Gasteiger partial charge in [0, 0.05) is 43.2 Å². The van der Waals surface area contributed by atoms with Crippen molar-refractivity contribution in [2.45, 2.75) is 32.6 Å². The third-order valence-electron chi connectivity index (χ3n) is 7.53. The molecule has 5 rings (SSSR count). The lowest BCUT2D eigenvalue weighted by Gasteiger charge is -2.18. The van der Waals surface area contributed by atoms with E-state index in [1.165, 1.54) is 38.1 Å². The van der Waals surface area contributed by atoms with Crippen molar-refractivity contribution in [3.05, 3.63) is 75.2 Å². The normalized spacial score (nSPS) is 22.3. The average molecular weight is 464 g/mol. The van der Waals surface area contributed by atoms with Gasteiger partial charge >= 0.3 is 0 Å². The third-order valence-corrected chi connectivity index (χ3v) is 7.53. The Morgan fingerprint density at radius 1 is 1.12 bits per heavy atom. The first-order chi connectivity index (χ1) is 16.4. The molecule has 1 aromatic heterocycles. The number of non-ortho nitro benzene ring substituents is 1. The fraction of sp³-hybridized carbons (Fsp3) is 0.444. The molecule has 2 aliphatic rings. The van der Waals surface area contributed by atoms with E-state index in [9.17, 15) is 14.5 Å². The largest absolute Gasteiger partial charge is 0.493 e. The van der Waals surface area contributed by atoms with E-state index in [-0.39, 0.29) is 5.69 Å². The number of nitro benzene ring substituents is 1. The van der Waals surface area contributed by atoms with E-state index in [0.717, 1.165) is 58.7 Å². The molecule has 2 atom stereocenters. The van der Waals surface area contributed by atoms with Gasteiger partial charge in [0.1, 0.15) is 11.6 Å². The first-order valence-electron chi connectivity index (χ1n) is 12.1. The van der Waals surface area contributed by atoms with E-state index in [2.05, 4.69) is 29.9 Å². The molecule has 0 amide bonds. The maximum Gasteiger partial charge on any atom is 0.272 e. The van der Waals surface area contributed by atoms with Crippen molar-refractivity contribution in [1.82, 2.24) is 9.88 Å². The Morgan fingerprint density at radius 3 is 2.56 bits per heavy atom. The third kappa shape index (κ3) is 4.49. The van der Waals surface area contributed by atoms with Gasteiger partial charge in [-0.25, -0.2) is 4.39 Å². The molecule has 0 bridgehead atoms. The van der Waals surface area contributed by atoms with E-state index in [1.54, 1.807) is 6.20 Å². The maximum atomic E-state index is 14.5. The van der Waals surface area contributed by atoms with Gasteiger partial charge in [-0.3, -0.25) is 15.1 Å². The SMILES string of the molecule is CCc1cc2c(Cc3ccc([N+](=O)[O-])cc3F)ccnc2cc1OCC1CC2CN(C)CC2C1. The van der Waals surface area contributed by atoms with E-state index in [1.807, 2.05) is 12.1 Å². The predicted octanol–water partition coefficient (Wildman–Crippen LogP) is 5.40. The molecule has 178 valence electrons. The van der Waals surface area contributed by atoms with Crippen LogP contribution in [0.5, 0.6) is 5.75 Å². The number of benzene rings is 2. The molecule has 2 unspecified atom stereocenters. The van der Waals surface area contributed by atoms with Crippen LogP contribution < -0.4 is 4.74 Å². The van der Waals surface area contributed by atoms with E-state index in [0.29, 0.717) is 17.9 Å². The fourth-order valence-electron chi connectivity index (χ4n) is 5.84. The lowest BCUT2D eigenvalue weighted by molar-refractivity contribution is -0.385. The standard InChI is InChI=1S/C27H30FN3O3/c1-3-18-11-24-19(10-20-4-5-23(31(32)33)12-25(20)28)6-7-29-26(24)13-27(18)34-16-17-8-21-14-30(2)15-22(21)9-17/h4-7,11-13,17,21-22H,3,8-10,14-16H2,1-2H3. The number of aryl methyl sites for hydroxylation is 1. The quantitative estimate of drug-likeness (QED) is 0.347. The van der Waals surface area contributed by atoms with E-state index in [4.69, 9.17) is 4.74 Å². The molecule has 2 aromatic carbocycles. The van der Waals surface area contributed by atoms with Gasteiger partial charge in [-0.2, -0.15) is 0 Å². The second-order valence-corrected chi connectivity index (χ2v) is 9.90. The van der Waals surface area contributed by atoms with Crippen molar-refractivity contribution in [3.63, 3.8) is 0 Å². The van der Waals surface area contributed by atoms with Gasteiger partial charge in [-0.15, -0.1) is 0 Å². The van der Waals surface area contributed by atoms with Gasteiger partial charge in [0.2, 0.25) is 0 Å². The summed E-state index contributed by atoms with van der Waals surface area (Å²) < 4.78 is 20.9. The zero-order valence-electron chi connectivity index (χ0n) is 19.7. The highest BCUT2D eigenvalue weighted by Crippen LogP contribution is 2.41. The summed E-state index contributed by atoms with van der Waals surface area (Å²) in [4.78, 5) is 17.3. The van der Waals surface area contributed by atoms with Gasteiger partial charge in [0.15, 0.2) is 0 Å². The molecule has 1 saturated heterocycles. The van der Waals surface area contributed by atoms with Gasteiger partial charge in [0.25, 0.3) is 5.69 Å². The Bertz CT molecular complexity index is 1220. The molecule has 0 radical (unpaired) electrons. The van der Waals surface area contributed by atoms with Gasteiger partial charge in [-0.05, 0) is 79.0 Å². The highest BCUT2D eigenvalue weighted by molar-refractivity contribution is 5.85. The number of fused-ring (bicyclic) bond motifs is 2. The minimum atomic E-state index is -0.583. The number of halogens is 1. The number of likely N-dealkylation sites (tertiary alicyclic amines) is 1. The van der Waals surface area contributed by atoms with Crippen LogP contribution in [0.25, 0.3) is 10.9 Å². The molecule has 34 heavy (non-hydrogen) atoms. The molecule has 3 aromatic rings. The number of hydrogen-bond acceptors (Lipinski definition) is 5. The van der Waals surface area contributed by atoms with Crippen molar-refractivity contribution < 1.29 is 14.1 Å². The van der Waals surface area contributed by atoms with Crippen molar-refractivity contribution in [3.8, 4) is 5.75 Å². The van der Waals surface area contributed by atoms with Crippen LogP contribution in [0.15, 0.2) is 42.6 Å². The van der Waals surface area contributed by atoms with Crippen LogP contribution >= 0.6 is 0 Å². The van der Waals surface area contributed by atoms with Crippen LogP contribution in [-0.2, 0) is 12.8 Å². The summed E-state index contributed by atoms with van der Waals surface area (Å²) in [5.74, 6) is 2.54. The lowest BCUT2D eigenvalue weighted by atomic mass is 9.98. The van der Waals surface area contributed by atoms with Crippen LogP contribution in [0.3, 0.4) is 0 Å². The zero-order chi connectivity index (χ0) is 23.8. The molecule has 7 heteroatoms. The minimum Gasteiger partial charge on any atom is -0.493 e. The van der Waals surface area contributed by atoms with Gasteiger partial charge in [-0.1, -0.05) is 6.92 Å². The van der Waals surface area contributed by atoms with E-state index < -0.39 is 10.7 Å².